The number of carbonyl (C=O) groups excluding carboxylic acids is 1. The molecule has 0 bridgehead atoms. The average Bonchev–Trinajstić information content (AvgIpc) is 3.05. The lowest BCUT2D eigenvalue weighted by Gasteiger charge is -2.19. The molecule has 1 saturated carbocycles. The van der Waals surface area contributed by atoms with Crippen molar-refractivity contribution in [1.29, 1.82) is 0 Å². The number of fused-ring (bicyclic) bond motifs is 1. The summed E-state index contributed by atoms with van der Waals surface area (Å²) in [7, 11) is 0. The molecule has 4 heteroatoms. The molecule has 2 atom stereocenters. The van der Waals surface area contributed by atoms with E-state index in [1.54, 1.807) is 0 Å². The van der Waals surface area contributed by atoms with Crippen molar-refractivity contribution in [2.45, 2.75) is 31.7 Å². The zero-order valence-corrected chi connectivity index (χ0v) is 11.6. The molecular formula is C15H18ClNO2. The molecule has 1 N–H and O–H groups in total. The lowest BCUT2D eigenvalue weighted by atomic mass is 10.0. The summed E-state index contributed by atoms with van der Waals surface area (Å²) in [4.78, 5) is 12.3. The fraction of sp³-hybridized carbons (Fsp3) is 0.533. The van der Waals surface area contributed by atoms with E-state index in [2.05, 4.69) is 5.32 Å². The molecular weight excluding hydrogens is 262 g/mol. The Balaban J connectivity index is 1.70. The lowest BCUT2D eigenvalue weighted by Crippen LogP contribution is -2.37. The maximum absolute atomic E-state index is 12.3. The highest BCUT2D eigenvalue weighted by molar-refractivity contribution is 6.18. The predicted molar refractivity (Wildman–Crippen MR) is 75.0 cm³/mol. The van der Waals surface area contributed by atoms with E-state index in [1.165, 1.54) is 0 Å². The minimum absolute atomic E-state index is 0.0108. The Labute approximate surface area is 118 Å². The van der Waals surface area contributed by atoms with Crippen LogP contribution in [0, 0.1) is 5.92 Å². The van der Waals surface area contributed by atoms with Crippen LogP contribution in [0.25, 0.3) is 0 Å². The smallest absolute Gasteiger partial charge is 0.251 e. The Kier molecular flexibility index (Phi) is 3.65. The maximum atomic E-state index is 12.3. The van der Waals surface area contributed by atoms with Gasteiger partial charge in [0.1, 0.15) is 5.75 Å². The topological polar surface area (TPSA) is 38.3 Å². The van der Waals surface area contributed by atoms with Gasteiger partial charge in [0.25, 0.3) is 5.91 Å². The van der Waals surface area contributed by atoms with Crippen molar-refractivity contribution in [1.82, 2.24) is 5.32 Å². The Hall–Kier alpha value is -1.22. The van der Waals surface area contributed by atoms with E-state index in [0.717, 1.165) is 49.2 Å². The van der Waals surface area contributed by atoms with E-state index in [4.69, 9.17) is 16.3 Å². The second kappa shape index (κ2) is 5.41. The second-order valence-corrected chi connectivity index (χ2v) is 5.65. The molecule has 1 aromatic rings. The summed E-state index contributed by atoms with van der Waals surface area (Å²) in [5.74, 6) is 1.97. The highest BCUT2D eigenvalue weighted by Gasteiger charge is 2.28. The molecule has 1 heterocycles. The Morgan fingerprint density at radius 2 is 2.32 bits per heavy atom. The van der Waals surface area contributed by atoms with Gasteiger partial charge in [-0.1, -0.05) is 6.42 Å². The number of halogens is 1. The van der Waals surface area contributed by atoms with Crippen LogP contribution in [0.1, 0.15) is 35.2 Å². The highest BCUT2D eigenvalue weighted by Crippen LogP contribution is 2.28. The van der Waals surface area contributed by atoms with Gasteiger partial charge < -0.3 is 10.1 Å². The van der Waals surface area contributed by atoms with E-state index in [-0.39, 0.29) is 11.9 Å². The van der Waals surface area contributed by atoms with Crippen LogP contribution in [0.15, 0.2) is 18.2 Å². The van der Waals surface area contributed by atoms with E-state index in [0.29, 0.717) is 11.8 Å². The number of hydrogen-bond donors (Lipinski definition) is 1. The van der Waals surface area contributed by atoms with Crippen molar-refractivity contribution in [2.75, 3.05) is 12.5 Å². The molecule has 1 amide bonds. The minimum atomic E-state index is 0.0108. The first-order chi connectivity index (χ1) is 9.28. The quantitative estimate of drug-likeness (QED) is 0.864. The summed E-state index contributed by atoms with van der Waals surface area (Å²) >= 11 is 5.94. The van der Waals surface area contributed by atoms with Crippen molar-refractivity contribution in [3.63, 3.8) is 0 Å². The van der Waals surface area contributed by atoms with Crippen molar-refractivity contribution >= 4 is 17.5 Å². The summed E-state index contributed by atoms with van der Waals surface area (Å²) in [5.41, 5.74) is 1.86. The number of carbonyl (C=O) groups is 1. The third-order valence-corrected chi connectivity index (χ3v) is 4.52. The normalized spacial score (nSPS) is 24.9. The van der Waals surface area contributed by atoms with Gasteiger partial charge in [-0.2, -0.15) is 0 Å². The van der Waals surface area contributed by atoms with E-state index in [9.17, 15) is 4.79 Å². The molecule has 2 unspecified atom stereocenters. The summed E-state index contributed by atoms with van der Waals surface area (Å²) in [6.07, 6.45) is 4.20. The molecule has 2 aliphatic rings. The first-order valence-corrected chi connectivity index (χ1v) is 7.44. The van der Waals surface area contributed by atoms with Crippen LogP contribution in [-0.4, -0.2) is 24.4 Å². The number of amides is 1. The predicted octanol–water partition coefficient (Wildman–Crippen LogP) is 2.76. The molecule has 0 aromatic heterocycles. The summed E-state index contributed by atoms with van der Waals surface area (Å²) in [5, 5.41) is 3.12. The van der Waals surface area contributed by atoms with Crippen LogP contribution < -0.4 is 10.1 Å². The molecule has 0 radical (unpaired) electrons. The van der Waals surface area contributed by atoms with Crippen LogP contribution in [0.2, 0.25) is 0 Å². The lowest BCUT2D eigenvalue weighted by molar-refractivity contribution is 0.0930. The van der Waals surface area contributed by atoms with Crippen LogP contribution in [-0.2, 0) is 6.42 Å². The first kappa shape index (κ1) is 12.8. The van der Waals surface area contributed by atoms with Gasteiger partial charge in [0.2, 0.25) is 0 Å². The standard InChI is InChI=1S/C15H18ClNO2/c16-9-12-2-1-3-13(12)17-15(18)11-4-5-14-10(8-11)6-7-19-14/h4-5,8,12-13H,1-3,6-7,9H2,(H,17,18). The monoisotopic (exact) mass is 279 g/mol. The van der Waals surface area contributed by atoms with Crippen molar-refractivity contribution in [3.05, 3.63) is 29.3 Å². The van der Waals surface area contributed by atoms with Gasteiger partial charge >= 0.3 is 0 Å². The summed E-state index contributed by atoms with van der Waals surface area (Å²) < 4.78 is 5.45. The molecule has 1 fully saturated rings. The third kappa shape index (κ3) is 2.57. The third-order valence-electron chi connectivity index (χ3n) is 4.13. The van der Waals surface area contributed by atoms with Crippen molar-refractivity contribution < 1.29 is 9.53 Å². The number of rotatable bonds is 3. The molecule has 1 aromatic carbocycles. The van der Waals surface area contributed by atoms with E-state index in [1.807, 2.05) is 18.2 Å². The highest BCUT2D eigenvalue weighted by atomic mass is 35.5. The van der Waals surface area contributed by atoms with Crippen molar-refractivity contribution in [3.8, 4) is 5.75 Å². The van der Waals surface area contributed by atoms with Gasteiger partial charge in [-0.25, -0.2) is 0 Å². The van der Waals surface area contributed by atoms with Gasteiger partial charge in [-0.05, 0) is 42.5 Å². The summed E-state index contributed by atoms with van der Waals surface area (Å²) in [6.45, 7) is 0.720. The van der Waals surface area contributed by atoms with E-state index < -0.39 is 0 Å². The van der Waals surface area contributed by atoms with Gasteiger partial charge in [-0.3, -0.25) is 4.79 Å². The number of nitrogens with one attached hydrogen (secondary N) is 1. The van der Waals surface area contributed by atoms with Gasteiger partial charge in [0, 0.05) is 23.9 Å². The largest absolute Gasteiger partial charge is 0.493 e. The number of hydrogen-bond acceptors (Lipinski definition) is 2. The SMILES string of the molecule is O=C(NC1CCCC1CCl)c1ccc2c(c1)CCO2. The fourth-order valence-electron chi connectivity index (χ4n) is 2.99. The van der Waals surface area contributed by atoms with Gasteiger partial charge in [-0.15, -0.1) is 11.6 Å². The Morgan fingerprint density at radius 3 is 3.16 bits per heavy atom. The van der Waals surface area contributed by atoms with Gasteiger partial charge in [0.05, 0.1) is 6.61 Å². The molecule has 0 saturated heterocycles. The van der Waals surface area contributed by atoms with Gasteiger partial charge in [0.15, 0.2) is 0 Å². The molecule has 0 spiro atoms. The minimum Gasteiger partial charge on any atom is -0.493 e. The molecule has 102 valence electrons. The first-order valence-electron chi connectivity index (χ1n) is 6.90. The molecule has 3 rings (SSSR count). The van der Waals surface area contributed by atoms with Crippen LogP contribution in [0.4, 0.5) is 0 Å². The number of benzene rings is 1. The van der Waals surface area contributed by atoms with Crippen LogP contribution >= 0.6 is 11.6 Å². The average molecular weight is 280 g/mol. The second-order valence-electron chi connectivity index (χ2n) is 5.35. The van der Waals surface area contributed by atoms with Crippen molar-refractivity contribution in [2.24, 2.45) is 5.92 Å². The zero-order chi connectivity index (χ0) is 13.2. The molecule has 1 aliphatic carbocycles. The number of ether oxygens (including phenoxy) is 1. The molecule has 3 nitrogen and oxygen atoms in total. The maximum Gasteiger partial charge on any atom is 0.251 e. The Morgan fingerprint density at radius 1 is 1.42 bits per heavy atom. The summed E-state index contributed by atoms with van der Waals surface area (Å²) in [6, 6.07) is 5.91. The Bertz CT molecular complexity index is 489. The van der Waals surface area contributed by atoms with Crippen LogP contribution in [0.3, 0.4) is 0 Å². The van der Waals surface area contributed by atoms with Crippen LogP contribution in [0.5, 0.6) is 5.75 Å². The van der Waals surface area contributed by atoms with E-state index >= 15 is 0 Å². The molecule has 19 heavy (non-hydrogen) atoms. The molecule has 1 aliphatic heterocycles. The number of alkyl halides is 1. The fourth-order valence-corrected chi connectivity index (χ4v) is 3.36. The zero-order valence-electron chi connectivity index (χ0n) is 10.8.